The monoisotopic (exact) mass is 344 g/mol. The quantitative estimate of drug-likeness (QED) is 0.302. The molecule has 0 amide bonds. The number of benzene rings is 1. The predicted molar refractivity (Wildman–Crippen MR) is 85.9 cm³/mol. The van der Waals surface area contributed by atoms with Crippen molar-refractivity contribution in [2.45, 2.75) is 62.2 Å². The van der Waals surface area contributed by atoms with E-state index in [1.165, 1.54) is 56.9 Å². The number of hydrogen-bond donors (Lipinski definition) is 0. The Morgan fingerprint density at radius 2 is 1.59 bits per heavy atom. The van der Waals surface area contributed by atoms with E-state index in [9.17, 15) is 0 Å². The third kappa shape index (κ3) is 7.80. The van der Waals surface area contributed by atoms with Gasteiger partial charge in [-0.1, -0.05) is 98.4 Å². The van der Waals surface area contributed by atoms with Crippen molar-refractivity contribution < 1.29 is 0 Å². The van der Waals surface area contributed by atoms with E-state index in [2.05, 4.69) is 59.8 Å². The fourth-order valence-corrected chi connectivity index (χ4v) is 3.07. The molecule has 1 atom stereocenters. The Morgan fingerprint density at radius 1 is 0.941 bits per heavy atom. The lowest BCUT2D eigenvalue weighted by atomic mass is 10.0. The van der Waals surface area contributed by atoms with Crippen molar-refractivity contribution in [1.29, 1.82) is 0 Å². The van der Waals surface area contributed by atoms with Crippen LogP contribution < -0.4 is 0 Å². The summed E-state index contributed by atoms with van der Waals surface area (Å²) in [6, 6.07) is 10.9. The van der Waals surface area contributed by atoms with Gasteiger partial charge in [-0.2, -0.15) is 0 Å². The predicted octanol–water partition coefficient (Wildman–Crippen LogP) is 5.78. The van der Waals surface area contributed by atoms with Gasteiger partial charge in [0.15, 0.2) is 0 Å². The lowest BCUT2D eigenvalue weighted by Crippen LogP contribution is -2.02. The fraction of sp³-hybridized carbons (Fsp3) is 0.625. The minimum absolute atomic E-state index is 0.807. The van der Waals surface area contributed by atoms with Crippen molar-refractivity contribution in [2.75, 3.05) is 0 Å². The molecule has 0 saturated carbocycles. The first-order chi connectivity index (χ1) is 8.33. The summed E-state index contributed by atoms with van der Waals surface area (Å²) in [6.45, 7) is 2.28. The lowest BCUT2D eigenvalue weighted by molar-refractivity contribution is 0.585. The van der Waals surface area contributed by atoms with Crippen molar-refractivity contribution in [3.63, 3.8) is 0 Å². The fourth-order valence-electron chi connectivity index (χ4n) is 2.12. The summed E-state index contributed by atoms with van der Waals surface area (Å²) in [7, 11) is 0. The molecule has 0 saturated heterocycles. The van der Waals surface area contributed by atoms with Crippen LogP contribution in [-0.2, 0) is 6.42 Å². The van der Waals surface area contributed by atoms with Gasteiger partial charge < -0.3 is 0 Å². The van der Waals surface area contributed by atoms with Gasteiger partial charge in [-0.3, -0.25) is 0 Å². The summed E-state index contributed by atoms with van der Waals surface area (Å²) in [5.74, 6) is 0. The van der Waals surface area contributed by atoms with E-state index >= 15 is 0 Å². The van der Waals surface area contributed by atoms with Gasteiger partial charge >= 0.3 is 0 Å². The van der Waals surface area contributed by atoms with Gasteiger partial charge in [-0.25, -0.2) is 0 Å². The van der Waals surface area contributed by atoms with E-state index in [4.69, 9.17) is 0 Å². The first-order valence-electron chi connectivity index (χ1n) is 7.01. The van der Waals surface area contributed by atoms with Gasteiger partial charge in [0.1, 0.15) is 0 Å². The molecule has 1 aromatic carbocycles. The highest BCUT2D eigenvalue weighted by molar-refractivity contribution is 14.1. The molecule has 1 rings (SSSR count). The summed E-state index contributed by atoms with van der Waals surface area (Å²) in [4.78, 5) is 0. The maximum Gasteiger partial charge on any atom is 0.0150 e. The molecule has 0 radical (unpaired) electrons. The lowest BCUT2D eigenvalue weighted by Gasteiger charge is -2.09. The Balaban J connectivity index is 2.03. The molecule has 0 spiro atoms. The van der Waals surface area contributed by atoms with Gasteiger partial charge in [0.2, 0.25) is 0 Å². The molecule has 1 heteroatoms. The molecule has 0 nitrogen and oxygen atoms in total. The van der Waals surface area contributed by atoms with Crippen LogP contribution in [0.2, 0.25) is 0 Å². The Bertz CT molecular complexity index is 268. The maximum absolute atomic E-state index is 2.61. The van der Waals surface area contributed by atoms with Crippen molar-refractivity contribution in [1.82, 2.24) is 0 Å². The minimum Gasteiger partial charge on any atom is -0.0823 e. The molecular formula is C16H25I. The zero-order valence-electron chi connectivity index (χ0n) is 11.0. The maximum atomic E-state index is 2.61. The van der Waals surface area contributed by atoms with Crippen LogP contribution in [-0.4, -0.2) is 3.92 Å². The Labute approximate surface area is 120 Å². The molecule has 0 aliphatic rings. The molecule has 0 N–H and O–H groups in total. The standard InChI is InChI=1S/C16H25I/c1-2-3-4-5-6-10-13-16(17)14-15-11-8-7-9-12-15/h7-9,11-12,16H,2-6,10,13-14H2,1H3. The van der Waals surface area contributed by atoms with Crippen molar-refractivity contribution in [3.8, 4) is 0 Å². The third-order valence-corrected chi connectivity index (χ3v) is 4.23. The van der Waals surface area contributed by atoms with Crippen LogP contribution in [0.5, 0.6) is 0 Å². The molecule has 0 aliphatic heterocycles. The van der Waals surface area contributed by atoms with Crippen LogP contribution in [0.1, 0.15) is 57.4 Å². The van der Waals surface area contributed by atoms with Crippen LogP contribution in [0.25, 0.3) is 0 Å². The number of alkyl halides is 1. The van der Waals surface area contributed by atoms with Crippen molar-refractivity contribution in [2.24, 2.45) is 0 Å². The Hall–Kier alpha value is -0.0500. The second-order valence-electron chi connectivity index (χ2n) is 4.84. The second kappa shape index (κ2) is 9.93. The van der Waals surface area contributed by atoms with Crippen LogP contribution in [0, 0.1) is 0 Å². The second-order valence-corrected chi connectivity index (χ2v) is 6.61. The van der Waals surface area contributed by atoms with E-state index in [0.29, 0.717) is 0 Å². The molecule has 1 aromatic rings. The summed E-state index contributed by atoms with van der Waals surface area (Å²) >= 11 is 2.61. The van der Waals surface area contributed by atoms with Crippen LogP contribution >= 0.6 is 22.6 Å². The van der Waals surface area contributed by atoms with Gasteiger partial charge in [0, 0.05) is 3.92 Å². The zero-order chi connectivity index (χ0) is 12.3. The molecule has 0 fully saturated rings. The van der Waals surface area contributed by atoms with Crippen LogP contribution in [0.4, 0.5) is 0 Å². The Morgan fingerprint density at radius 3 is 2.29 bits per heavy atom. The van der Waals surface area contributed by atoms with E-state index in [0.717, 1.165) is 3.92 Å². The zero-order valence-corrected chi connectivity index (χ0v) is 13.2. The van der Waals surface area contributed by atoms with Crippen LogP contribution in [0.15, 0.2) is 30.3 Å². The molecule has 17 heavy (non-hydrogen) atoms. The number of unbranched alkanes of at least 4 members (excludes halogenated alkanes) is 5. The Kier molecular flexibility index (Phi) is 8.76. The van der Waals surface area contributed by atoms with Crippen LogP contribution in [0.3, 0.4) is 0 Å². The highest BCUT2D eigenvalue weighted by atomic mass is 127. The minimum atomic E-state index is 0.807. The molecular weight excluding hydrogens is 319 g/mol. The molecule has 1 unspecified atom stereocenters. The van der Waals surface area contributed by atoms with Crippen molar-refractivity contribution in [3.05, 3.63) is 35.9 Å². The topological polar surface area (TPSA) is 0 Å². The van der Waals surface area contributed by atoms with Gasteiger partial charge in [0.25, 0.3) is 0 Å². The van der Waals surface area contributed by atoms with Crippen molar-refractivity contribution >= 4 is 22.6 Å². The van der Waals surface area contributed by atoms with E-state index in [-0.39, 0.29) is 0 Å². The largest absolute Gasteiger partial charge is 0.0823 e. The summed E-state index contributed by atoms with van der Waals surface area (Å²) in [5, 5.41) is 0. The average molecular weight is 344 g/mol. The first kappa shape index (κ1) is 15.0. The van der Waals surface area contributed by atoms with E-state index in [1.807, 2.05) is 0 Å². The molecule has 0 aliphatic carbocycles. The summed E-state index contributed by atoms with van der Waals surface area (Å²) in [5.41, 5.74) is 1.48. The van der Waals surface area contributed by atoms with Gasteiger partial charge in [-0.05, 0) is 18.4 Å². The van der Waals surface area contributed by atoms with Gasteiger partial charge in [0.05, 0.1) is 0 Å². The first-order valence-corrected chi connectivity index (χ1v) is 8.25. The normalized spacial score (nSPS) is 12.6. The molecule has 96 valence electrons. The summed E-state index contributed by atoms with van der Waals surface area (Å²) < 4.78 is 0.807. The number of rotatable bonds is 9. The number of halogens is 1. The molecule has 0 heterocycles. The highest BCUT2D eigenvalue weighted by Gasteiger charge is 2.04. The van der Waals surface area contributed by atoms with E-state index in [1.54, 1.807) is 0 Å². The van der Waals surface area contributed by atoms with E-state index < -0.39 is 0 Å². The van der Waals surface area contributed by atoms with Gasteiger partial charge in [-0.15, -0.1) is 0 Å². The molecule has 0 aromatic heterocycles. The summed E-state index contributed by atoms with van der Waals surface area (Å²) in [6.07, 6.45) is 11.1. The average Bonchev–Trinajstić information content (AvgIpc) is 2.35. The molecule has 0 bridgehead atoms. The third-order valence-electron chi connectivity index (χ3n) is 3.17. The number of hydrogen-bond acceptors (Lipinski definition) is 0. The SMILES string of the molecule is CCCCCCCCC(I)Cc1ccccc1. The smallest absolute Gasteiger partial charge is 0.0150 e. The highest BCUT2D eigenvalue weighted by Crippen LogP contribution is 2.17.